The highest BCUT2D eigenvalue weighted by Gasteiger charge is 2.10. The van der Waals surface area contributed by atoms with Gasteiger partial charge in [-0.1, -0.05) is 0 Å². The molecule has 4 rings (SSSR count). The average molecular weight is 344 g/mol. The van der Waals surface area contributed by atoms with E-state index < -0.39 is 0 Å². The predicted octanol–water partition coefficient (Wildman–Crippen LogP) is 4.44. The zero-order valence-electron chi connectivity index (χ0n) is 14.1. The zero-order valence-corrected chi connectivity index (χ0v) is 14.1. The second kappa shape index (κ2) is 6.68. The van der Waals surface area contributed by atoms with Crippen molar-refractivity contribution in [2.24, 2.45) is 0 Å². The Morgan fingerprint density at radius 2 is 1.85 bits per heavy atom. The van der Waals surface area contributed by atoms with Crippen LogP contribution in [0.4, 0.5) is 16.2 Å². The number of rotatable bonds is 3. The molecule has 0 atom stereocenters. The van der Waals surface area contributed by atoms with Gasteiger partial charge in [0.15, 0.2) is 0 Å². The van der Waals surface area contributed by atoms with Crippen LogP contribution >= 0.6 is 0 Å². The molecule has 0 aliphatic heterocycles. The van der Waals surface area contributed by atoms with E-state index in [1.165, 1.54) is 0 Å². The van der Waals surface area contributed by atoms with Gasteiger partial charge in [-0.3, -0.25) is 9.97 Å². The van der Waals surface area contributed by atoms with Gasteiger partial charge in [0.2, 0.25) is 0 Å². The molecule has 0 fully saturated rings. The number of amides is 2. The van der Waals surface area contributed by atoms with E-state index in [2.05, 4.69) is 20.6 Å². The second-order valence-electron chi connectivity index (χ2n) is 5.73. The summed E-state index contributed by atoms with van der Waals surface area (Å²) in [6.45, 7) is 0. The fourth-order valence-corrected chi connectivity index (χ4v) is 2.86. The Morgan fingerprint density at radius 1 is 1.00 bits per heavy atom. The van der Waals surface area contributed by atoms with Crippen LogP contribution in [-0.4, -0.2) is 23.1 Å². The number of hydrogen-bond donors (Lipinski definition) is 2. The minimum atomic E-state index is -0.325. The number of carbonyl (C=O) groups is 1. The third-order valence-corrected chi connectivity index (χ3v) is 4.10. The van der Waals surface area contributed by atoms with Crippen molar-refractivity contribution in [3.63, 3.8) is 0 Å². The van der Waals surface area contributed by atoms with E-state index in [9.17, 15) is 4.79 Å². The lowest BCUT2D eigenvalue weighted by Gasteiger charge is -2.12. The first-order valence-corrected chi connectivity index (χ1v) is 8.08. The molecule has 2 aromatic carbocycles. The molecule has 0 aliphatic carbocycles. The van der Waals surface area contributed by atoms with Gasteiger partial charge in [-0.15, -0.1) is 0 Å². The van der Waals surface area contributed by atoms with Gasteiger partial charge in [0.1, 0.15) is 5.75 Å². The SMILES string of the molecule is COc1ccc(NC(=O)Nc2cc3ccncc3c3ncccc23)cc1. The first-order chi connectivity index (χ1) is 12.7. The van der Waals surface area contributed by atoms with E-state index in [1.54, 1.807) is 50.0 Å². The standard InChI is InChI=1S/C20H16N4O2/c1-26-15-6-4-14(5-7-15)23-20(25)24-18-11-13-8-10-21-12-17(13)19-16(18)3-2-9-22-19/h2-12H,1H3,(H2,23,24,25). The Balaban J connectivity index is 1.66. The van der Waals surface area contributed by atoms with Crippen LogP contribution in [0.25, 0.3) is 21.7 Å². The summed E-state index contributed by atoms with van der Waals surface area (Å²) in [7, 11) is 1.60. The highest BCUT2D eigenvalue weighted by atomic mass is 16.5. The van der Waals surface area contributed by atoms with Crippen molar-refractivity contribution < 1.29 is 9.53 Å². The summed E-state index contributed by atoms with van der Waals surface area (Å²) in [5.41, 5.74) is 2.17. The minimum absolute atomic E-state index is 0.325. The zero-order chi connectivity index (χ0) is 17.9. The smallest absolute Gasteiger partial charge is 0.323 e. The summed E-state index contributed by atoms with van der Waals surface area (Å²) in [6.07, 6.45) is 5.24. The van der Waals surface area contributed by atoms with Crippen LogP contribution in [-0.2, 0) is 0 Å². The fourth-order valence-electron chi connectivity index (χ4n) is 2.86. The topological polar surface area (TPSA) is 76.1 Å². The molecule has 0 bridgehead atoms. The fraction of sp³-hybridized carbons (Fsp3) is 0.0500. The molecule has 128 valence electrons. The summed E-state index contributed by atoms with van der Waals surface area (Å²) in [4.78, 5) is 21.1. The minimum Gasteiger partial charge on any atom is -0.497 e. The molecular weight excluding hydrogens is 328 g/mol. The van der Waals surface area contributed by atoms with E-state index in [-0.39, 0.29) is 6.03 Å². The number of nitrogens with zero attached hydrogens (tertiary/aromatic N) is 2. The molecule has 0 saturated heterocycles. The first-order valence-electron chi connectivity index (χ1n) is 8.08. The number of fused-ring (bicyclic) bond motifs is 3. The molecule has 0 unspecified atom stereocenters. The van der Waals surface area contributed by atoms with Crippen LogP contribution in [0.5, 0.6) is 5.75 Å². The van der Waals surface area contributed by atoms with Crippen molar-refractivity contribution in [1.29, 1.82) is 0 Å². The Bertz CT molecular complexity index is 1090. The predicted molar refractivity (Wildman–Crippen MR) is 103 cm³/mol. The molecule has 2 amide bonds. The van der Waals surface area contributed by atoms with Gasteiger partial charge in [-0.2, -0.15) is 0 Å². The second-order valence-corrected chi connectivity index (χ2v) is 5.73. The van der Waals surface area contributed by atoms with E-state index in [0.717, 1.165) is 27.4 Å². The van der Waals surface area contributed by atoms with Crippen molar-refractivity contribution in [3.8, 4) is 5.75 Å². The molecule has 2 heterocycles. The summed E-state index contributed by atoms with van der Waals surface area (Å²) in [5.74, 6) is 0.733. The van der Waals surface area contributed by atoms with Gasteiger partial charge in [0.05, 0.1) is 18.3 Å². The summed E-state index contributed by atoms with van der Waals surface area (Å²) < 4.78 is 5.12. The molecule has 0 aliphatic rings. The van der Waals surface area contributed by atoms with Crippen molar-refractivity contribution in [2.45, 2.75) is 0 Å². The van der Waals surface area contributed by atoms with Crippen molar-refractivity contribution >= 4 is 39.1 Å². The highest BCUT2D eigenvalue weighted by molar-refractivity contribution is 6.14. The van der Waals surface area contributed by atoms with Crippen LogP contribution in [0.3, 0.4) is 0 Å². The number of pyridine rings is 2. The van der Waals surface area contributed by atoms with Gasteiger partial charge in [0, 0.05) is 35.1 Å². The Hall–Kier alpha value is -3.67. The molecule has 0 spiro atoms. The molecule has 6 nitrogen and oxygen atoms in total. The van der Waals surface area contributed by atoms with E-state index in [0.29, 0.717) is 11.4 Å². The number of urea groups is 1. The maximum absolute atomic E-state index is 12.4. The monoisotopic (exact) mass is 344 g/mol. The number of benzene rings is 2. The van der Waals surface area contributed by atoms with E-state index in [1.807, 2.05) is 24.3 Å². The lowest BCUT2D eigenvalue weighted by atomic mass is 10.1. The average Bonchev–Trinajstić information content (AvgIpc) is 2.69. The van der Waals surface area contributed by atoms with Crippen molar-refractivity contribution in [3.05, 3.63) is 67.1 Å². The van der Waals surface area contributed by atoms with Gasteiger partial charge in [-0.05, 0) is 53.9 Å². The maximum Gasteiger partial charge on any atom is 0.323 e. The molecule has 2 aromatic heterocycles. The number of carbonyl (C=O) groups excluding carboxylic acids is 1. The lowest BCUT2D eigenvalue weighted by Crippen LogP contribution is -2.19. The Labute approximate surface area is 149 Å². The molecular formula is C20H16N4O2. The molecule has 6 heteroatoms. The maximum atomic E-state index is 12.4. The van der Waals surface area contributed by atoms with Gasteiger partial charge in [-0.25, -0.2) is 4.79 Å². The largest absolute Gasteiger partial charge is 0.497 e. The van der Waals surface area contributed by atoms with E-state index >= 15 is 0 Å². The number of methoxy groups -OCH3 is 1. The van der Waals surface area contributed by atoms with Crippen LogP contribution in [0, 0.1) is 0 Å². The van der Waals surface area contributed by atoms with Gasteiger partial charge in [0.25, 0.3) is 0 Å². The van der Waals surface area contributed by atoms with Crippen LogP contribution in [0.15, 0.2) is 67.1 Å². The summed E-state index contributed by atoms with van der Waals surface area (Å²) >= 11 is 0. The number of hydrogen-bond acceptors (Lipinski definition) is 4. The third-order valence-electron chi connectivity index (χ3n) is 4.10. The Kier molecular flexibility index (Phi) is 4.07. The normalized spacial score (nSPS) is 10.7. The summed E-state index contributed by atoms with van der Waals surface area (Å²) in [6, 6.07) is 14.4. The molecule has 26 heavy (non-hydrogen) atoms. The van der Waals surface area contributed by atoms with Crippen LogP contribution in [0.2, 0.25) is 0 Å². The van der Waals surface area contributed by atoms with Crippen LogP contribution < -0.4 is 15.4 Å². The lowest BCUT2D eigenvalue weighted by molar-refractivity contribution is 0.262. The number of ether oxygens (including phenoxy) is 1. The number of anilines is 2. The molecule has 0 radical (unpaired) electrons. The van der Waals surface area contributed by atoms with Gasteiger partial charge >= 0.3 is 6.03 Å². The molecule has 2 N–H and O–H groups in total. The van der Waals surface area contributed by atoms with Crippen molar-refractivity contribution in [1.82, 2.24) is 9.97 Å². The summed E-state index contributed by atoms with van der Waals surface area (Å²) in [5, 5.41) is 8.50. The van der Waals surface area contributed by atoms with Crippen LogP contribution in [0.1, 0.15) is 0 Å². The molecule has 4 aromatic rings. The van der Waals surface area contributed by atoms with E-state index in [4.69, 9.17) is 4.74 Å². The quantitative estimate of drug-likeness (QED) is 0.539. The van der Waals surface area contributed by atoms with Crippen molar-refractivity contribution in [2.75, 3.05) is 17.7 Å². The van der Waals surface area contributed by atoms with Gasteiger partial charge < -0.3 is 15.4 Å². The third kappa shape index (κ3) is 3.00. The Morgan fingerprint density at radius 3 is 2.65 bits per heavy atom. The molecule has 0 saturated carbocycles. The highest BCUT2D eigenvalue weighted by Crippen LogP contribution is 2.30. The number of nitrogens with one attached hydrogen (secondary N) is 2. The first kappa shape index (κ1) is 15.8. The number of aromatic nitrogens is 2.